The molecule has 1 atom stereocenters. The molecule has 1 aromatic heterocycles. The van der Waals surface area contributed by atoms with Gasteiger partial charge in [-0.1, -0.05) is 18.3 Å². The van der Waals surface area contributed by atoms with Crippen molar-refractivity contribution in [2.24, 2.45) is 0 Å². The number of hydrogen-bond donors (Lipinski definition) is 1. The third-order valence-corrected chi connectivity index (χ3v) is 6.84. The van der Waals surface area contributed by atoms with E-state index in [2.05, 4.69) is 4.72 Å². The van der Waals surface area contributed by atoms with Gasteiger partial charge in [-0.25, -0.2) is 13.1 Å². The highest BCUT2D eigenvalue weighted by Crippen LogP contribution is 2.22. The maximum Gasteiger partial charge on any atom is 0.308 e. The molecule has 29 heavy (non-hydrogen) atoms. The molecule has 3 rings (SSSR count). The first kappa shape index (κ1) is 21.4. The Morgan fingerprint density at radius 1 is 1.14 bits per heavy atom. The summed E-state index contributed by atoms with van der Waals surface area (Å²) in [5.41, 5.74) is 0.761. The van der Waals surface area contributed by atoms with Crippen LogP contribution in [0.15, 0.2) is 52.2 Å². The van der Waals surface area contributed by atoms with Gasteiger partial charge in [-0.2, -0.15) is 0 Å². The van der Waals surface area contributed by atoms with Crippen molar-refractivity contribution in [3.05, 3.63) is 52.1 Å². The average Bonchev–Trinajstić information content (AvgIpc) is 3.01. The van der Waals surface area contributed by atoms with Crippen LogP contribution >= 0.6 is 11.3 Å². The van der Waals surface area contributed by atoms with Crippen LogP contribution in [0.25, 0.3) is 10.2 Å². The van der Waals surface area contributed by atoms with Crippen molar-refractivity contribution in [2.45, 2.75) is 37.8 Å². The summed E-state index contributed by atoms with van der Waals surface area (Å²) < 4.78 is 41.2. The van der Waals surface area contributed by atoms with Crippen LogP contribution in [0.5, 0.6) is 11.5 Å². The first-order valence-electron chi connectivity index (χ1n) is 9.26. The number of ether oxygens (including phenoxy) is 2. The minimum absolute atomic E-state index is 0.0781. The van der Waals surface area contributed by atoms with Gasteiger partial charge in [0.1, 0.15) is 18.1 Å². The Kier molecular flexibility index (Phi) is 6.61. The molecule has 2 aromatic carbocycles. The van der Waals surface area contributed by atoms with Crippen molar-refractivity contribution in [3.8, 4) is 11.5 Å². The van der Waals surface area contributed by atoms with Gasteiger partial charge in [-0.3, -0.25) is 9.36 Å². The zero-order valence-corrected chi connectivity index (χ0v) is 18.2. The Morgan fingerprint density at radius 2 is 1.83 bits per heavy atom. The molecule has 0 fully saturated rings. The van der Waals surface area contributed by atoms with E-state index in [1.165, 1.54) is 6.07 Å². The second kappa shape index (κ2) is 8.98. The second-order valence-corrected chi connectivity index (χ2v) is 9.37. The van der Waals surface area contributed by atoms with Gasteiger partial charge < -0.3 is 9.47 Å². The normalized spacial score (nSPS) is 12.8. The third-order valence-electron chi connectivity index (χ3n) is 4.31. The van der Waals surface area contributed by atoms with Crippen LogP contribution in [0.4, 0.5) is 0 Å². The summed E-state index contributed by atoms with van der Waals surface area (Å²) >= 11 is 1.06. The summed E-state index contributed by atoms with van der Waals surface area (Å²) in [6, 6.07) is 11.4. The molecular formula is C20H24N2O5S2. The first-order valence-corrected chi connectivity index (χ1v) is 11.6. The summed E-state index contributed by atoms with van der Waals surface area (Å²) in [6.45, 7) is 4.51. The monoisotopic (exact) mass is 436 g/mol. The van der Waals surface area contributed by atoms with Gasteiger partial charge >= 0.3 is 4.87 Å². The zero-order valence-electron chi connectivity index (χ0n) is 16.5. The largest absolute Gasteiger partial charge is 0.497 e. The van der Waals surface area contributed by atoms with Crippen molar-refractivity contribution in [2.75, 3.05) is 13.7 Å². The summed E-state index contributed by atoms with van der Waals surface area (Å²) in [5, 5.41) is 0. The third kappa shape index (κ3) is 4.98. The van der Waals surface area contributed by atoms with Gasteiger partial charge in [-0.15, -0.1) is 0 Å². The highest BCUT2D eigenvalue weighted by atomic mass is 32.2. The number of methoxy groups -OCH3 is 1. The Hall–Kier alpha value is -2.36. The van der Waals surface area contributed by atoms with Crippen LogP contribution in [0.3, 0.4) is 0 Å². The number of sulfonamides is 1. The lowest BCUT2D eigenvalue weighted by Gasteiger charge is -2.15. The zero-order chi connectivity index (χ0) is 21.0. The molecule has 0 aliphatic rings. The van der Waals surface area contributed by atoms with Gasteiger partial charge in [0.05, 0.1) is 28.3 Å². The number of benzene rings is 2. The lowest BCUT2D eigenvalue weighted by molar-refractivity contribution is 0.287. The molecule has 1 N–H and O–H groups in total. The van der Waals surface area contributed by atoms with E-state index in [9.17, 15) is 13.2 Å². The summed E-state index contributed by atoms with van der Waals surface area (Å²) in [7, 11) is -2.15. The molecule has 0 saturated heterocycles. The van der Waals surface area contributed by atoms with Crippen LogP contribution < -0.4 is 19.1 Å². The topological polar surface area (TPSA) is 86.6 Å². The lowest BCUT2D eigenvalue weighted by Crippen LogP contribution is -2.36. The standard InChI is InChI=1S/C20H24N2O5S2/c1-4-11-22-18-10-9-17(12-19(18)28-20(22)23)29(24,25)21-14(2)13-27-16-7-5-15(26-3)6-8-16/h5-10,12,14,21H,4,11,13H2,1-3H3/t14-/m1/s1. The predicted octanol–water partition coefficient (Wildman–Crippen LogP) is 3.23. The molecule has 0 saturated carbocycles. The van der Waals surface area contributed by atoms with Gasteiger partial charge in [0, 0.05) is 6.54 Å². The lowest BCUT2D eigenvalue weighted by atomic mass is 10.3. The fraction of sp³-hybridized carbons (Fsp3) is 0.350. The fourth-order valence-electron chi connectivity index (χ4n) is 2.91. The van der Waals surface area contributed by atoms with E-state index in [0.717, 1.165) is 29.0 Å². The number of nitrogens with zero attached hydrogens (tertiary/aromatic N) is 1. The van der Waals surface area contributed by atoms with E-state index in [1.54, 1.807) is 55.0 Å². The number of aromatic nitrogens is 1. The van der Waals surface area contributed by atoms with E-state index >= 15 is 0 Å². The van der Waals surface area contributed by atoms with Crippen molar-refractivity contribution < 1.29 is 17.9 Å². The number of hydrogen-bond acceptors (Lipinski definition) is 6. The molecule has 0 unspecified atom stereocenters. The van der Waals surface area contributed by atoms with Crippen molar-refractivity contribution in [3.63, 3.8) is 0 Å². The van der Waals surface area contributed by atoms with Crippen molar-refractivity contribution in [1.29, 1.82) is 0 Å². The maximum atomic E-state index is 12.7. The summed E-state index contributed by atoms with van der Waals surface area (Å²) in [4.78, 5) is 12.2. The number of fused-ring (bicyclic) bond motifs is 1. The number of aryl methyl sites for hydroxylation is 1. The van der Waals surface area contributed by atoms with Gasteiger partial charge in [-0.05, 0) is 55.8 Å². The van der Waals surface area contributed by atoms with Gasteiger partial charge in [0.2, 0.25) is 10.0 Å². The SMILES string of the molecule is CCCn1c(=O)sc2cc(S(=O)(=O)N[C@H](C)COc3ccc(OC)cc3)ccc21. The number of nitrogens with one attached hydrogen (secondary N) is 1. The minimum Gasteiger partial charge on any atom is -0.497 e. The summed E-state index contributed by atoms with van der Waals surface area (Å²) in [5.74, 6) is 1.34. The molecule has 1 heterocycles. The Bertz CT molecular complexity index is 1130. The molecular weight excluding hydrogens is 412 g/mol. The van der Waals surface area contributed by atoms with Crippen LogP contribution in [-0.2, 0) is 16.6 Å². The van der Waals surface area contributed by atoms with E-state index in [4.69, 9.17) is 9.47 Å². The highest BCUT2D eigenvalue weighted by Gasteiger charge is 2.19. The Morgan fingerprint density at radius 3 is 2.48 bits per heavy atom. The van der Waals surface area contributed by atoms with E-state index in [1.807, 2.05) is 6.92 Å². The van der Waals surface area contributed by atoms with Crippen LogP contribution in [-0.4, -0.2) is 32.7 Å². The highest BCUT2D eigenvalue weighted by molar-refractivity contribution is 7.89. The van der Waals surface area contributed by atoms with E-state index in [0.29, 0.717) is 17.0 Å². The molecule has 0 bridgehead atoms. The molecule has 0 radical (unpaired) electrons. The van der Waals surface area contributed by atoms with Crippen molar-refractivity contribution >= 4 is 31.6 Å². The van der Waals surface area contributed by atoms with Crippen LogP contribution in [0.2, 0.25) is 0 Å². The molecule has 3 aromatic rings. The van der Waals surface area contributed by atoms with Gasteiger partial charge in [0.15, 0.2) is 0 Å². The predicted molar refractivity (Wildman–Crippen MR) is 115 cm³/mol. The van der Waals surface area contributed by atoms with E-state index < -0.39 is 16.1 Å². The molecule has 156 valence electrons. The van der Waals surface area contributed by atoms with E-state index in [-0.39, 0.29) is 16.4 Å². The molecule has 0 aliphatic heterocycles. The van der Waals surface area contributed by atoms with Crippen molar-refractivity contribution in [1.82, 2.24) is 9.29 Å². The van der Waals surface area contributed by atoms with Gasteiger partial charge in [0.25, 0.3) is 0 Å². The Labute approximate surface area is 173 Å². The fourth-order valence-corrected chi connectivity index (χ4v) is 5.19. The average molecular weight is 437 g/mol. The minimum atomic E-state index is -3.74. The molecule has 0 spiro atoms. The number of thiazole rings is 1. The van der Waals surface area contributed by atoms with Crippen LogP contribution in [0.1, 0.15) is 20.3 Å². The second-order valence-electron chi connectivity index (χ2n) is 6.66. The smallest absolute Gasteiger partial charge is 0.308 e. The molecule has 0 amide bonds. The maximum absolute atomic E-state index is 12.7. The number of rotatable bonds is 9. The quantitative estimate of drug-likeness (QED) is 0.557. The Balaban J connectivity index is 1.70. The molecule has 0 aliphatic carbocycles. The summed E-state index contributed by atoms with van der Waals surface area (Å²) in [6.07, 6.45) is 0.832. The first-order chi connectivity index (χ1) is 13.8. The molecule has 7 nitrogen and oxygen atoms in total. The van der Waals surface area contributed by atoms with Crippen LogP contribution in [0, 0.1) is 0 Å². The molecule has 9 heteroatoms.